The number of hydrogen-bond donors (Lipinski definition) is 4. The molecule has 1 saturated carbocycles. The molecule has 4 aromatic carbocycles. The van der Waals surface area contributed by atoms with Crippen molar-refractivity contribution in [1.82, 2.24) is 30.4 Å². The molecule has 22 heteroatoms. The van der Waals surface area contributed by atoms with Crippen LogP contribution < -0.4 is 30.9 Å². The molecule has 1 aliphatic heterocycles. The Hall–Kier alpha value is -6.80. The van der Waals surface area contributed by atoms with E-state index in [2.05, 4.69) is 49.4 Å². The van der Waals surface area contributed by atoms with Crippen molar-refractivity contribution in [2.75, 3.05) is 103 Å². The first kappa shape index (κ1) is 64.2. The maximum absolute atomic E-state index is 16.2. The molecule has 0 radical (unpaired) electrons. The zero-order valence-corrected chi connectivity index (χ0v) is 50.5. The van der Waals surface area contributed by atoms with E-state index in [0.717, 1.165) is 48.8 Å². The fraction of sp³-hybridized carbons (Fsp3) is 0.460. The van der Waals surface area contributed by atoms with E-state index in [9.17, 15) is 14.9 Å². The number of aromatic nitrogens is 4. The number of ether oxygens (including phenoxy) is 6. The molecule has 2 aliphatic rings. The summed E-state index contributed by atoms with van der Waals surface area (Å²) in [6.07, 6.45) is 7.88. The molecular formula is C63H76Cl2F2N10O8. The van der Waals surface area contributed by atoms with Crippen molar-refractivity contribution in [1.29, 1.82) is 5.26 Å². The van der Waals surface area contributed by atoms with Crippen molar-refractivity contribution in [3.8, 4) is 23.1 Å². The fourth-order valence-electron chi connectivity index (χ4n) is 11.1. The quantitative estimate of drug-likeness (QED) is 0.0322. The lowest BCUT2D eigenvalue weighted by Crippen LogP contribution is -2.45. The summed E-state index contributed by atoms with van der Waals surface area (Å²) in [5.41, 5.74) is 0.901. The smallest absolute Gasteiger partial charge is 0.251 e. The van der Waals surface area contributed by atoms with Crippen LogP contribution in [-0.2, 0) is 40.4 Å². The van der Waals surface area contributed by atoms with E-state index in [4.69, 9.17) is 61.7 Å². The molecule has 2 fully saturated rings. The van der Waals surface area contributed by atoms with Gasteiger partial charge in [-0.25, -0.2) is 23.4 Å². The second kappa shape index (κ2) is 30.5. The molecule has 4 atom stereocenters. The summed E-state index contributed by atoms with van der Waals surface area (Å²) < 4.78 is 68.7. The second-order valence-corrected chi connectivity index (χ2v) is 23.3. The third kappa shape index (κ3) is 16.8. The number of carbonyl (C=O) groups is 2. The number of rotatable bonds is 29. The molecule has 85 heavy (non-hydrogen) atoms. The van der Waals surface area contributed by atoms with E-state index >= 15 is 8.78 Å². The van der Waals surface area contributed by atoms with Crippen LogP contribution in [0, 0.1) is 28.4 Å². The van der Waals surface area contributed by atoms with Gasteiger partial charge in [-0.1, -0.05) is 92.5 Å². The summed E-state index contributed by atoms with van der Waals surface area (Å²) in [7, 11) is 5.44. The average molecular weight is 1210 g/mol. The van der Waals surface area contributed by atoms with Gasteiger partial charge in [0.05, 0.1) is 119 Å². The van der Waals surface area contributed by atoms with Gasteiger partial charge in [-0.3, -0.25) is 9.59 Å². The van der Waals surface area contributed by atoms with Crippen molar-refractivity contribution >= 4 is 52.5 Å². The van der Waals surface area contributed by atoms with E-state index in [0.29, 0.717) is 65.3 Å². The predicted octanol–water partition coefficient (Wildman–Crippen LogP) is 10.2. The number of nitrogens with zero attached hydrogens (tertiary/aromatic N) is 6. The Bertz CT molecular complexity index is 3210. The lowest BCUT2D eigenvalue weighted by atomic mass is 9.62. The van der Waals surface area contributed by atoms with Crippen LogP contribution in [0.3, 0.4) is 0 Å². The standard InChI is InChI=1S/C63H76Cl2F2N10O8/c1-62(2,3)37-54-63(40-68,48-21-16-43(64)36-50(48)66)55(46-13-10-14-49(65)56(46)67)57(75-54)59(79)73-52-35-42(15-22-53(52)80-6)58(78)69-25-26-81-27-28-82-29-30-83-31-32-84-33-34-85-45-19-17-44(18-20-45)72-61-70-24-23-51(74-61)47-38-71-77(60(47)76(4)5)39-41-11-8-7-9-12-41/h7-16,21-24,35-36,38,44-45,54-55,57,75H,17-20,25-34,37,39H2,1-6H3,(H,69,78)(H,73,79)(H,70,72,74)/t44?,45?,54?,55-,57?,63-/m0/s1. The molecule has 18 nitrogen and oxygen atoms in total. The van der Waals surface area contributed by atoms with Gasteiger partial charge in [0.2, 0.25) is 11.9 Å². The van der Waals surface area contributed by atoms with Gasteiger partial charge in [0, 0.05) is 61.0 Å². The van der Waals surface area contributed by atoms with Crippen LogP contribution in [0.5, 0.6) is 5.75 Å². The van der Waals surface area contributed by atoms with Crippen LogP contribution in [0.4, 0.5) is 26.2 Å². The van der Waals surface area contributed by atoms with Crippen molar-refractivity contribution in [2.45, 2.75) is 95.0 Å². The van der Waals surface area contributed by atoms with Crippen LogP contribution in [-0.4, -0.2) is 143 Å². The molecule has 2 aromatic heterocycles. The van der Waals surface area contributed by atoms with Crippen molar-refractivity contribution in [3.63, 3.8) is 0 Å². The average Bonchev–Trinajstić information content (AvgIpc) is 1.96. The van der Waals surface area contributed by atoms with Gasteiger partial charge in [0.15, 0.2) is 0 Å². The minimum absolute atomic E-state index is 0.0514. The minimum Gasteiger partial charge on any atom is -0.495 e. The highest BCUT2D eigenvalue weighted by molar-refractivity contribution is 6.31. The highest BCUT2D eigenvalue weighted by Gasteiger charge is 2.61. The zero-order chi connectivity index (χ0) is 60.5. The highest BCUT2D eigenvalue weighted by Crippen LogP contribution is 2.53. The molecule has 2 unspecified atom stereocenters. The normalized spacial score (nSPS) is 19.5. The van der Waals surface area contributed by atoms with Crippen molar-refractivity contribution < 1.29 is 46.8 Å². The number of benzene rings is 4. The molecular weight excluding hydrogens is 1130 g/mol. The summed E-state index contributed by atoms with van der Waals surface area (Å²) in [4.78, 5) is 39.5. The molecule has 1 saturated heterocycles. The molecule has 4 N–H and O–H groups in total. The first-order chi connectivity index (χ1) is 41.0. The number of amides is 2. The molecule has 2 amide bonds. The Kier molecular flexibility index (Phi) is 23.0. The lowest BCUT2D eigenvalue weighted by molar-refractivity contribution is -0.118. The topological polar surface area (TPSA) is 208 Å². The summed E-state index contributed by atoms with van der Waals surface area (Å²) in [5.74, 6) is -2.24. The van der Waals surface area contributed by atoms with E-state index in [1.807, 2.05) is 70.0 Å². The lowest BCUT2D eigenvalue weighted by Gasteiger charge is -2.37. The molecule has 6 aromatic rings. The molecule has 1 aliphatic carbocycles. The van der Waals surface area contributed by atoms with Crippen LogP contribution in [0.25, 0.3) is 11.3 Å². The van der Waals surface area contributed by atoms with E-state index < -0.39 is 52.3 Å². The Morgan fingerprint density at radius 1 is 0.859 bits per heavy atom. The predicted molar refractivity (Wildman–Crippen MR) is 324 cm³/mol. The molecule has 0 spiro atoms. The molecule has 8 rings (SSSR count). The fourth-order valence-corrected chi connectivity index (χ4v) is 11.5. The second-order valence-electron chi connectivity index (χ2n) is 22.5. The molecule has 454 valence electrons. The van der Waals surface area contributed by atoms with E-state index in [1.54, 1.807) is 12.3 Å². The SMILES string of the molecule is COc1ccc(C(=O)NCCOCCOCCOCCOCCOC2CCC(Nc3nccc(-c4cnn(Cc5ccccc5)c4N(C)C)n3)CC2)cc1NC(=O)C1NC(CC(C)(C)C)[C@](C#N)(c2ccc(Cl)cc2F)[C@H]1c1cccc(Cl)c1F. The third-order valence-corrected chi connectivity index (χ3v) is 15.6. The van der Waals surface area contributed by atoms with Gasteiger partial charge in [-0.05, 0) is 91.1 Å². The Balaban J connectivity index is 0.696. The first-order valence-corrected chi connectivity index (χ1v) is 29.4. The zero-order valence-electron chi connectivity index (χ0n) is 49.0. The number of anilines is 3. The number of halogens is 4. The van der Waals surface area contributed by atoms with Gasteiger partial charge in [-0.2, -0.15) is 10.4 Å². The Labute approximate surface area is 506 Å². The largest absolute Gasteiger partial charge is 0.495 e. The van der Waals surface area contributed by atoms with Crippen LogP contribution >= 0.6 is 23.2 Å². The van der Waals surface area contributed by atoms with Gasteiger partial charge in [0.1, 0.15) is 28.6 Å². The maximum Gasteiger partial charge on any atom is 0.251 e. The van der Waals surface area contributed by atoms with Crippen molar-refractivity contribution in [2.24, 2.45) is 5.41 Å². The third-order valence-electron chi connectivity index (χ3n) is 15.0. The van der Waals surface area contributed by atoms with Gasteiger partial charge >= 0.3 is 0 Å². The van der Waals surface area contributed by atoms with Crippen molar-refractivity contribution in [3.05, 3.63) is 147 Å². The van der Waals surface area contributed by atoms with Crippen LogP contribution in [0.15, 0.2) is 103 Å². The van der Waals surface area contributed by atoms with Crippen LogP contribution in [0.1, 0.15) is 85.8 Å². The number of methoxy groups -OCH3 is 1. The van der Waals surface area contributed by atoms with Gasteiger partial charge in [0.25, 0.3) is 5.91 Å². The number of hydrogen-bond acceptors (Lipinski definition) is 15. The minimum atomic E-state index is -1.83. The monoisotopic (exact) mass is 1210 g/mol. The van der Waals surface area contributed by atoms with Gasteiger partial charge in [-0.15, -0.1) is 0 Å². The number of carbonyl (C=O) groups excluding carboxylic acids is 2. The Morgan fingerprint density at radius 2 is 1.55 bits per heavy atom. The van der Waals surface area contributed by atoms with Gasteiger partial charge < -0.3 is 54.6 Å². The first-order valence-electron chi connectivity index (χ1n) is 28.6. The number of nitriles is 1. The molecule has 0 bridgehead atoms. The van der Waals surface area contributed by atoms with E-state index in [-0.39, 0.29) is 69.9 Å². The Morgan fingerprint density at radius 3 is 2.21 bits per heavy atom. The van der Waals surface area contributed by atoms with Crippen LogP contribution in [0.2, 0.25) is 10.0 Å². The maximum atomic E-state index is 16.2. The van der Waals surface area contributed by atoms with E-state index in [1.165, 1.54) is 55.1 Å². The summed E-state index contributed by atoms with van der Waals surface area (Å²) in [6.45, 7) is 10.1. The summed E-state index contributed by atoms with van der Waals surface area (Å²) >= 11 is 12.5. The summed E-state index contributed by atoms with van der Waals surface area (Å²) in [5, 5.41) is 28.3. The molecule has 3 heterocycles. The summed E-state index contributed by atoms with van der Waals surface area (Å²) in [6, 6.07) is 25.4. The highest BCUT2D eigenvalue weighted by atomic mass is 35.5. The number of nitrogens with one attached hydrogen (secondary N) is 4.